The summed E-state index contributed by atoms with van der Waals surface area (Å²) in [6.45, 7) is 5.31. The molecule has 60 heavy (non-hydrogen) atoms. The molecule has 0 aliphatic heterocycles. The molecule has 0 fully saturated rings. The second-order valence-corrected chi connectivity index (χ2v) is 17.5. The zero-order valence-electron chi connectivity index (χ0n) is 33.6. The summed E-state index contributed by atoms with van der Waals surface area (Å²) in [7, 11) is 0. The van der Waals surface area contributed by atoms with Gasteiger partial charge >= 0.3 is 0 Å². The van der Waals surface area contributed by atoms with Gasteiger partial charge in [-0.3, -0.25) is 4.99 Å². The monoisotopic (exact) mass is 786 g/mol. The van der Waals surface area contributed by atoms with Crippen LogP contribution in [0.1, 0.15) is 41.7 Å². The first-order chi connectivity index (χ1) is 29.4. The summed E-state index contributed by atoms with van der Waals surface area (Å²) in [4.78, 5) is 5.27. The van der Waals surface area contributed by atoms with Crippen molar-refractivity contribution in [1.29, 1.82) is 0 Å². The van der Waals surface area contributed by atoms with Crippen molar-refractivity contribution in [2.45, 2.75) is 25.8 Å². The fourth-order valence-corrected chi connectivity index (χ4v) is 10.8. The Labute approximate surface area is 354 Å². The van der Waals surface area contributed by atoms with Gasteiger partial charge in [-0.15, -0.1) is 11.3 Å². The maximum absolute atomic E-state index is 7.19. The van der Waals surface area contributed by atoms with Crippen molar-refractivity contribution >= 4 is 64.5 Å². The number of allylic oxidation sites excluding steroid dienone is 1. The quantitative estimate of drug-likeness (QED) is 0.161. The normalized spacial score (nSPS) is 13.6. The van der Waals surface area contributed by atoms with Crippen LogP contribution in [0.4, 0.5) is 0 Å². The zero-order chi connectivity index (χ0) is 40.4. The summed E-state index contributed by atoms with van der Waals surface area (Å²) in [6, 6.07) is 68.0. The zero-order valence-corrected chi connectivity index (χ0v) is 34.4. The van der Waals surface area contributed by atoms with Crippen LogP contribution >= 0.6 is 11.3 Å². The highest BCUT2D eigenvalue weighted by atomic mass is 32.1. The third-order valence-corrected chi connectivity index (χ3v) is 13.7. The predicted molar refractivity (Wildman–Crippen MR) is 258 cm³/mol. The van der Waals surface area contributed by atoms with E-state index in [4.69, 9.17) is 10.7 Å². The van der Waals surface area contributed by atoms with Crippen LogP contribution in [0, 0.1) is 0 Å². The number of thiophene rings is 1. The van der Waals surface area contributed by atoms with E-state index in [1.165, 1.54) is 75.5 Å². The Balaban J connectivity index is 0.983. The summed E-state index contributed by atoms with van der Waals surface area (Å²) < 4.78 is 2.51. The number of rotatable bonds is 7. The van der Waals surface area contributed by atoms with E-state index in [1.807, 2.05) is 17.4 Å². The number of nitrogens with zero attached hydrogens (tertiary/aromatic N) is 1. The van der Waals surface area contributed by atoms with Gasteiger partial charge in [-0.1, -0.05) is 190 Å². The molecule has 0 atom stereocenters. The Morgan fingerprint density at radius 1 is 0.533 bits per heavy atom. The second kappa shape index (κ2) is 14.3. The third-order valence-electron chi connectivity index (χ3n) is 12.5. The van der Waals surface area contributed by atoms with Gasteiger partial charge in [-0.05, 0) is 89.8 Å². The number of hydrogen-bond donors (Lipinski definition) is 1. The SMILES string of the molecule is CC1(C)c2ccc3ccccc3c2-c2cccc(-c3ccc(-c4ccc(/C(N)=C/C(=NCc5ccccc5)c5cccc6sc7ccccc7c56)c5ccccc45)cc3)c21. The maximum atomic E-state index is 7.19. The highest BCUT2D eigenvalue weighted by Crippen LogP contribution is 2.54. The molecule has 11 rings (SSSR count). The molecule has 10 aromatic rings. The van der Waals surface area contributed by atoms with Gasteiger partial charge in [0.2, 0.25) is 0 Å². The lowest BCUT2D eigenvalue weighted by Crippen LogP contribution is -2.16. The molecule has 9 aromatic carbocycles. The molecular formula is C57H42N2S. The first kappa shape index (κ1) is 36.0. The molecule has 0 saturated carbocycles. The van der Waals surface area contributed by atoms with Crippen LogP contribution in [-0.2, 0) is 12.0 Å². The summed E-state index contributed by atoms with van der Waals surface area (Å²) in [5.74, 6) is 0. The minimum atomic E-state index is -0.125. The van der Waals surface area contributed by atoms with E-state index in [9.17, 15) is 0 Å². The number of nitrogens with two attached hydrogens (primary N) is 1. The molecule has 0 saturated heterocycles. The van der Waals surface area contributed by atoms with E-state index in [0.717, 1.165) is 33.2 Å². The minimum Gasteiger partial charge on any atom is -0.398 e. The van der Waals surface area contributed by atoms with Gasteiger partial charge in [0.05, 0.1) is 12.3 Å². The molecule has 1 aliphatic rings. The van der Waals surface area contributed by atoms with Crippen molar-refractivity contribution in [2.24, 2.45) is 10.7 Å². The van der Waals surface area contributed by atoms with Crippen LogP contribution in [0.2, 0.25) is 0 Å². The summed E-state index contributed by atoms with van der Waals surface area (Å²) in [5.41, 5.74) is 22.2. The van der Waals surface area contributed by atoms with Crippen LogP contribution in [0.15, 0.2) is 199 Å². The van der Waals surface area contributed by atoms with Gasteiger partial charge in [0, 0.05) is 42.4 Å². The molecule has 0 spiro atoms. The third kappa shape index (κ3) is 5.88. The van der Waals surface area contributed by atoms with Gasteiger partial charge in [0.25, 0.3) is 0 Å². The molecule has 286 valence electrons. The van der Waals surface area contributed by atoms with Gasteiger partial charge in [0.1, 0.15) is 0 Å². The Kier molecular flexibility index (Phi) is 8.61. The van der Waals surface area contributed by atoms with Crippen LogP contribution < -0.4 is 5.73 Å². The summed E-state index contributed by atoms with van der Waals surface area (Å²) in [5, 5.41) is 7.35. The van der Waals surface area contributed by atoms with E-state index < -0.39 is 0 Å². The topological polar surface area (TPSA) is 38.4 Å². The van der Waals surface area contributed by atoms with Crippen molar-refractivity contribution in [3.63, 3.8) is 0 Å². The number of fused-ring (bicyclic) bond motifs is 9. The average Bonchev–Trinajstić information content (AvgIpc) is 3.80. The smallest absolute Gasteiger partial charge is 0.0678 e. The van der Waals surface area contributed by atoms with Crippen molar-refractivity contribution in [3.8, 4) is 33.4 Å². The average molecular weight is 787 g/mol. The van der Waals surface area contributed by atoms with E-state index in [0.29, 0.717) is 12.2 Å². The highest BCUT2D eigenvalue weighted by Gasteiger charge is 2.38. The summed E-state index contributed by atoms with van der Waals surface area (Å²) >= 11 is 1.82. The van der Waals surface area contributed by atoms with E-state index in [1.54, 1.807) is 0 Å². The van der Waals surface area contributed by atoms with E-state index in [-0.39, 0.29) is 5.41 Å². The lowest BCUT2D eigenvalue weighted by molar-refractivity contribution is 0.662. The standard InChI is InChI=1S/C57H42N2S/c1-57(2)49-33-30-37-16-6-7-17-41(37)54(49)48-23-12-21-42(56(48)57)39-28-26-38(27-29-39)40-31-32-45(44-19-9-8-18-43(40)44)50(58)34-51(59-35-36-14-4-3-5-15-36)46-22-13-25-53-55(46)47-20-10-11-24-52(47)60-53/h3-34H,35,58H2,1-2H3/b50-34-,59-51?. The first-order valence-corrected chi connectivity index (χ1v) is 21.5. The van der Waals surface area contributed by atoms with Crippen LogP contribution in [-0.4, -0.2) is 5.71 Å². The van der Waals surface area contributed by atoms with Gasteiger partial charge < -0.3 is 5.73 Å². The van der Waals surface area contributed by atoms with Gasteiger partial charge in [-0.2, -0.15) is 0 Å². The molecule has 3 heteroatoms. The second-order valence-electron chi connectivity index (χ2n) is 16.4. The van der Waals surface area contributed by atoms with Crippen molar-refractivity contribution in [3.05, 3.63) is 222 Å². The number of aliphatic imine (C=N–C) groups is 1. The lowest BCUT2D eigenvalue weighted by Gasteiger charge is -2.24. The van der Waals surface area contributed by atoms with Gasteiger partial charge in [-0.25, -0.2) is 0 Å². The fraction of sp³-hybridized carbons (Fsp3) is 0.0702. The van der Waals surface area contributed by atoms with Gasteiger partial charge in [0.15, 0.2) is 0 Å². The fourth-order valence-electron chi connectivity index (χ4n) is 9.71. The lowest BCUT2D eigenvalue weighted by atomic mass is 9.78. The predicted octanol–water partition coefficient (Wildman–Crippen LogP) is 15.0. The number of benzene rings is 9. The molecular weight excluding hydrogens is 745 g/mol. The van der Waals surface area contributed by atoms with Crippen LogP contribution in [0.25, 0.3) is 80.8 Å². The van der Waals surface area contributed by atoms with Crippen molar-refractivity contribution < 1.29 is 0 Å². The largest absolute Gasteiger partial charge is 0.398 e. The maximum Gasteiger partial charge on any atom is 0.0678 e. The Morgan fingerprint density at radius 3 is 2.00 bits per heavy atom. The Bertz CT molecular complexity index is 3370. The molecule has 2 nitrogen and oxygen atoms in total. The molecule has 1 aliphatic carbocycles. The van der Waals surface area contributed by atoms with Crippen LogP contribution in [0.5, 0.6) is 0 Å². The Hall–Kier alpha value is -7.07. The first-order valence-electron chi connectivity index (χ1n) is 20.7. The summed E-state index contributed by atoms with van der Waals surface area (Å²) in [6.07, 6.45) is 2.08. The molecule has 0 unspecified atom stereocenters. The molecule has 0 bridgehead atoms. The van der Waals surface area contributed by atoms with E-state index >= 15 is 0 Å². The molecule has 0 radical (unpaired) electrons. The molecule has 1 aromatic heterocycles. The highest BCUT2D eigenvalue weighted by molar-refractivity contribution is 7.25. The molecule has 1 heterocycles. The molecule has 0 amide bonds. The van der Waals surface area contributed by atoms with Crippen molar-refractivity contribution in [2.75, 3.05) is 0 Å². The van der Waals surface area contributed by atoms with E-state index in [2.05, 4.69) is 202 Å². The Morgan fingerprint density at radius 2 is 1.18 bits per heavy atom. The molecule has 2 N–H and O–H groups in total. The van der Waals surface area contributed by atoms with Crippen molar-refractivity contribution in [1.82, 2.24) is 0 Å². The number of hydrogen-bond acceptors (Lipinski definition) is 3. The minimum absolute atomic E-state index is 0.125. The van der Waals surface area contributed by atoms with Crippen LogP contribution in [0.3, 0.4) is 0 Å².